The Bertz CT molecular complexity index is 685. The number of carbonyl (C=O) groups excluding carboxylic acids is 1. The van der Waals surface area contributed by atoms with E-state index in [9.17, 15) is 4.79 Å². The maximum absolute atomic E-state index is 12.1. The molecule has 122 valence electrons. The molecule has 2 heterocycles. The van der Waals surface area contributed by atoms with E-state index < -0.39 is 0 Å². The number of aromatic nitrogens is 2. The summed E-state index contributed by atoms with van der Waals surface area (Å²) in [5.41, 5.74) is 2.42. The maximum atomic E-state index is 12.1. The van der Waals surface area contributed by atoms with Crippen LogP contribution in [-0.4, -0.2) is 41.1 Å². The first-order valence-corrected chi connectivity index (χ1v) is 7.54. The lowest BCUT2D eigenvalue weighted by atomic mass is 9.96. The van der Waals surface area contributed by atoms with E-state index >= 15 is 0 Å². The van der Waals surface area contributed by atoms with Gasteiger partial charge in [0.15, 0.2) is 5.82 Å². The number of amides is 1. The molecule has 7 heteroatoms. The zero-order valence-electron chi connectivity index (χ0n) is 13.3. The molecule has 2 aromatic rings. The molecule has 1 aromatic heterocycles. The number of rotatable bonds is 5. The number of ether oxygens (including phenoxy) is 1. The number of likely N-dealkylation sites (N-methyl/N-ethyl adjacent to an activating group) is 1. The van der Waals surface area contributed by atoms with Crippen LogP contribution in [0.5, 0.6) is 0 Å². The molecule has 1 N–H and O–H groups in total. The Morgan fingerprint density at radius 1 is 1.48 bits per heavy atom. The second-order valence-corrected chi connectivity index (χ2v) is 5.74. The second kappa shape index (κ2) is 6.89. The van der Waals surface area contributed by atoms with Gasteiger partial charge in [0.2, 0.25) is 5.91 Å². The fourth-order valence-corrected chi connectivity index (χ4v) is 2.77. The largest absolute Gasteiger partial charge is 0.362 e. The Morgan fingerprint density at radius 3 is 3.09 bits per heavy atom. The lowest BCUT2D eigenvalue weighted by Gasteiger charge is -2.32. The second-order valence-electron chi connectivity index (χ2n) is 5.74. The van der Waals surface area contributed by atoms with E-state index in [1.165, 1.54) is 11.1 Å². The van der Waals surface area contributed by atoms with Gasteiger partial charge in [-0.15, -0.1) is 0 Å². The summed E-state index contributed by atoms with van der Waals surface area (Å²) in [7, 11) is 2.05. The molecule has 0 saturated carbocycles. The molecule has 1 aromatic carbocycles. The van der Waals surface area contributed by atoms with E-state index in [1.54, 1.807) is 6.92 Å². The minimum absolute atomic E-state index is 0.0216. The van der Waals surface area contributed by atoms with Gasteiger partial charge in [0.1, 0.15) is 13.2 Å². The highest BCUT2D eigenvalue weighted by atomic mass is 16.5. The summed E-state index contributed by atoms with van der Waals surface area (Å²) in [5, 5.41) is 6.69. The van der Waals surface area contributed by atoms with E-state index in [2.05, 4.69) is 32.5 Å². The minimum atomic E-state index is -0.156. The molecule has 0 radical (unpaired) electrons. The van der Waals surface area contributed by atoms with Gasteiger partial charge in [-0.1, -0.05) is 29.4 Å². The van der Waals surface area contributed by atoms with Crippen LogP contribution in [-0.2, 0) is 22.7 Å². The number of nitrogens with zero attached hydrogens (tertiary/aromatic N) is 3. The van der Waals surface area contributed by atoms with Gasteiger partial charge in [0.25, 0.3) is 5.89 Å². The number of carbonyl (C=O) groups is 1. The summed E-state index contributed by atoms with van der Waals surface area (Å²) in [6.45, 7) is 3.51. The van der Waals surface area contributed by atoms with Crippen LogP contribution in [0.1, 0.15) is 28.9 Å². The molecular formula is C16H20N4O3. The van der Waals surface area contributed by atoms with Gasteiger partial charge in [0, 0.05) is 13.1 Å². The molecule has 1 unspecified atom stereocenters. The van der Waals surface area contributed by atoms with Gasteiger partial charge < -0.3 is 14.6 Å². The normalized spacial score (nSPS) is 17.7. The predicted octanol–water partition coefficient (Wildman–Crippen LogP) is 1.20. The molecule has 1 atom stereocenters. The van der Waals surface area contributed by atoms with Crippen LogP contribution in [0.4, 0.5) is 0 Å². The van der Waals surface area contributed by atoms with E-state index in [4.69, 9.17) is 9.26 Å². The zero-order chi connectivity index (χ0) is 16.2. The molecule has 0 fully saturated rings. The quantitative estimate of drug-likeness (QED) is 0.893. The van der Waals surface area contributed by atoms with Crippen LogP contribution >= 0.6 is 0 Å². The minimum Gasteiger partial charge on any atom is -0.362 e. The average molecular weight is 316 g/mol. The van der Waals surface area contributed by atoms with Gasteiger partial charge in [0.05, 0.1) is 6.04 Å². The topological polar surface area (TPSA) is 80.5 Å². The smallest absolute Gasteiger partial charge is 0.252 e. The van der Waals surface area contributed by atoms with Crippen molar-refractivity contribution in [2.24, 2.45) is 0 Å². The van der Waals surface area contributed by atoms with Crippen LogP contribution in [0, 0.1) is 6.92 Å². The van der Waals surface area contributed by atoms with Crippen molar-refractivity contribution in [2.45, 2.75) is 26.1 Å². The monoisotopic (exact) mass is 316 g/mol. The predicted molar refractivity (Wildman–Crippen MR) is 82.4 cm³/mol. The molecule has 3 rings (SSSR count). The molecule has 23 heavy (non-hydrogen) atoms. The number of hydrogen-bond acceptors (Lipinski definition) is 6. The summed E-state index contributed by atoms with van der Waals surface area (Å²) < 4.78 is 10.3. The van der Waals surface area contributed by atoms with Crippen LogP contribution in [0.25, 0.3) is 0 Å². The third-order valence-corrected chi connectivity index (χ3v) is 3.73. The van der Waals surface area contributed by atoms with E-state index in [1.807, 2.05) is 19.2 Å². The van der Waals surface area contributed by atoms with Crippen molar-refractivity contribution >= 4 is 5.91 Å². The molecule has 1 amide bonds. The highest BCUT2D eigenvalue weighted by molar-refractivity contribution is 5.77. The molecule has 1 aliphatic heterocycles. The van der Waals surface area contributed by atoms with Crippen molar-refractivity contribution in [3.63, 3.8) is 0 Å². The molecule has 1 aliphatic rings. The van der Waals surface area contributed by atoms with Crippen molar-refractivity contribution < 1.29 is 14.1 Å². The van der Waals surface area contributed by atoms with Crippen LogP contribution in [0.2, 0.25) is 0 Å². The molecule has 0 saturated heterocycles. The Hall–Kier alpha value is -2.25. The van der Waals surface area contributed by atoms with Crippen LogP contribution in [0.3, 0.4) is 0 Å². The number of fused-ring (bicyclic) bond motifs is 1. The van der Waals surface area contributed by atoms with Gasteiger partial charge >= 0.3 is 0 Å². The van der Waals surface area contributed by atoms with Crippen molar-refractivity contribution in [1.82, 2.24) is 20.4 Å². The number of aryl methyl sites for hydroxylation is 1. The van der Waals surface area contributed by atoms with Gasteiger partial charge in [-0.3, -0.25) is 9.69 Å². The summed E-state index contributed by atoms with van der Waals surface area (Å²) in [5.74, 6) is 0.768. The van der Waals surface area contributed by atoms with Crippen LogP contribution in [0.15, 0.2) is 28.8 Å². The summed E-state index contributed by atoms with van der Waals surface area (Å²) in [4.78, 5) is 18.3. The van der Waals surface area contributed by atoms with E-state index in [0.717, 1.165) is 13.1 Å². The van der Waals surface area contributed by atoms with E-state index in [0.29, 0.717) is 11.7 Å². The standard InChI is InChI=1S/C16H20N4O3/c1-11-17-16(23-19-11)10-22-9-15(21)18-14-8-20(2)7-12-5-3-4-6-13(12)14/h3-6,14H,7-10H2,1-2H3,(H,18,21). The molecule has 7 nitrogen and oxygen atoms in total. The van der Waals surface area contributed by atoms with Gasteiger partial charge in [-0.2, -0.15) is 4.98 Å². The number of benzene rings is 1. The molecular weight excluding hydrogens is 296 g/mol. The number of hydrogen-bond donors (Lipinski definition) is 1. The lowest BCUT2D eigenvalue weighted by Crippen LogP contribution is -2.41. The third-order valence-electron chi connectivity index (χ3n) is 3.73. The van der Waals surface area contributed by atoms with Gasteiger partial charge in [-0.25, -0.2) is 0 Å². The molecule has 0 aliphatic carbocycles. The van der Waals surface area contributed by atoms with Crippen LogP contribution < -0.4 is 5.32 Å². The lowest BCUT2D eigenvalue weighted by molar-refractivity contribution is -0.127. The van der Waals surface area contributed by atoms with Crippen molar-refractivity contribution in [3.05, 3.63) is 47.1 Å². The highest BCUT2D eigenvalue weighted by Gasteiger charge is 2.24. The van der Waals surface area contributed by atoms with E-state index in [-0.39, 0.29) is 25.2 Å². The average Bonchev–Trinajstić information content (AvgIpc) is 2.92. The van der Waals surface area contributed by atoms with Crippen molar-refractivity contribution in [2.75, 3.05) is 20.2 Å². The first-order valence-electron chi connectivity index (χ1n) is 7.54. The fourth-order valence-electron chi connectivity index (χ4n) is 2.77. The first-order chi connectivity index (χ1) is 11.1. The zero-order valence-corrected chi connectivity index (χ0v) is 13.3. The Balaban J connectivity index is 1.53. The van der Waals surface area contributed by atoms with Crippen molar-refractivity contribution in [1.29, 1.82) is 0 Å². The molecule has 0 bridgehead atoms. The number of nitrogens with one attached hydrogen (secondary N) is 1. The summed E-state index contributed by atoms with van der Waals surface area (Å²) in [6.07, 6.45) is 0. The van der Waals surface area contributed by atoms with Crippen molar-refractivity contribution in [3.8, 4) is 0 Å². The maximum Gasteiger partial charge on any atom is 0.252 e. The Labute approximate surface area is 134 Å². The SMILES string of the molecule is Cc1noc(COCC(=O)NC2CN(C)Cc3ccccc32)n1. The fraction of sp³-hybridized carbons (Fsp3) is 0.438. The summed E-state index contributed by atoms with van der Waals surface area (Å²) >= 11 is 0. The third kappa shape index (κ3) is 3.94. The first kappa shape index (κ1) is 15.6. The Kier molecular flexibility index (Phi) is 4.68. The summed E-state index contributed by atoms with van der Waals surface area (Å²) in [6, 6.07) is 8.16. The Morgan fingerprint density at radius 2 is 2.30 bits per heavy atom. The highest BCUT2D eigenvalue weighted by Crippen LogP contribution is 2.25. The molecule has 0 spiro atoms. The van der Waals surface area contributed by atoms with Gasteiger partial charge in [-0.05, 0) is 25.1 Å².